The topological polar surface area (TPSA) is 128 Å². The van der Waals surface area contributed by atoms with E-state index >= 15 is 0 Å². The first kappa shape index (κ1) is 19.9. The molecule has 0 radical (unpaired) electrons. The number of aliphatic hydroxyl groups is 1. The van der Waals surface area contributed by atoms with Crippen LogP contribution in [0.5, 0.6) is 5.75 Å². The SMILES string of the molecule is O=C(N[C@H]1Cc2cccc(C(=O)O)c2OB1O)c1cccc(CNCCO)c1. The van der Waals surface area contributed by atoms with Crippen LogP contribution in [-0.4, -0.2) is 53.3 Å². The number of amides is 1. The number of carboxylic acids is 1. The highest BCUT2D eigenvalue weighted by molar-refractivity contribution is 6.47. The van der Waals surface area contributed by atoms with Crippen LogP contribution >= 0.6 is 0 Å². The van der Waals surface area contributed by atoms with E-state index in [4.69, 9.17) is 9.76 Å². The lowest BCUT2D eigenvalue weighted by molar-refractivity contribution is 0.0693. The number of hydrogen-bond acceptors (Lipinski definition) is 6. The number of aliphatic hydroxyl groups excluding tert-OH is 1. The average molecular weight is 384 g/mol. The molecule has 0 saturated heterocycles. The van der Waals surface area contributed by atoms with Gasteiger partial charge in [0.1, 0.15) is 5.75 Å². The maximum absolute atomic E-state index is 12.6. The lowest BCUT2D eigenvalue weighted by atomic mass is 9.72. The Labute approximate surface area is 162 Å². The van der Waals surface area contributed by atoms with E-state index in [-0.39, 0.29) is 30.2 Å². The molecule has 0 bridgehead atoms. The Morgan fingerprint density at radius 2 is 2.00 bits per heavy atom. The molecular formula is C19H21BN2O6. The van der Waals surface area contributed by atoms with Crippen molar-refractivity contribution >= 4 is 19.0 Å². The van der Waals surface area contributed by atoms with E-state index in [1.54, 1.807) is 30.3 Å². The van der Waals surface area contributed by atoms with Gasteiger partial charge in [-0.05, 0) is 35.7 Å². The molecule has 0 aliphatic carbocycles. The number of hydrogen-bond donors (Lipinski definition) is 5. The molecule has 1 aliphatic rings. The first-order chi connectivity index (χ1) is 13.5. The van der Waals surface area contributed by atoms with Gasteiger partial charge in [0.15, 0.2) is 0 Å². The highest BCUT2D eigenvalue weighted by Gasteiger charge is 2.37. The second-order valence-electron chi connectivity index (χ2n) is 6.49. The predicted octanol–water partition coefficient (Wildman–Crippen LogP) is 0.220. The largest absolute Gasteiger partial charge is 0.547 e. The van der Waals surface area contributed by atoms with Crippen molar-refractivity contribution in [2.24, 2.45) is 0 Å². The Morgan fingerprint density at radius 3 is 2.75 bits per heavy atom. The van der Waals surface area contributed by atoms with Gasteiger partial charge < -0.3 is 30.5 Å². The van der Waals surface area contributed by atoms with Crippen LogP contribution in [-0.2, 0) is 13.0 Å². The second kappa shape index (κ2) is 8.88. The smallest absolute Gasteiger partial charge is 0.534 e. The van der Waals surface area contributed by atoms with E-state index < -0.39 is 19.0 Å². The standard InChI is InChI=1S/C19H21BN2O6/c23-8-7-21-11-12-3-1-5-14(9-12)18(24)22-16-10-13-4-2-6-15(19(25)26)17(13)28-20(16)27/h1-6,9,16,21,23,27H,7-8,10-11H2,(H,22,24)(H,25,26)/t16-/m0/s1. The Morgan fingerprint density at radius 1 is 1.21 bits per heavy atom. The molecular weight excluding hydrogens is 363 g/mol. The summed E-state index contributed by atoms with van der Waals surface area (Å²) in [5.41, 5.74) is 1.90. The summed E-state index contributed by atoms with van der Waals surface area (Å²) < 4.78 is 5.39. The Kier molecular flexibility index (Phi) is 6.30. The van der Waals surface area contributed by atoms with E-state index in [0.717, 1.165) is 5.56 Å². The molecule has 5 N–H and O–H groups in total. The van der Waals surface area contributed by atoms with E-state index in [9.17, 15) is 19.7 Å². The van der Waals surface area contributed by atoms with Crippen molar-refractivity contribution in [1.29, 1.82) is 0 Å². The maximum atomic E-state index is 12.6. The summed E-state index contributed by atoms with van der Waals surface area (Å²) in [5.74, 6) is -2.09. The zero-order chi connectivity index (χ0) is 20.1. The van der Waals surface area contributed by atoms with Crippen LogP contribution in [0, 0.1) is 0 Å². The quantitative estimate of drug-likeness (QED) is 0.341. The van der Waals surface area contributed by atoms with E-state index in [2.05, 4.69) is 10.6 Å². The fraction of sp³-hybridized carbons (Fsp3) is 0.263. The highest BCUT2D eigenvalue weighted by Crippen LogP contribution is 2.30. The summed E-state index contributed by atoms with van der Waals surface area (Å²) >= 11 is 0. The van der Waals surface area contributed by atoms with Crippen LogP contribution < -0.4 is 15.3 Å². The van der Waals surface area contributed by atoms with E-state index in [1.165, 1.54) is 6.07 Å². The third-order valence-electron chi connectivity index (χ3n) is 4.47. The molecule has 0 spiro atoms. The number of aromatic carboxylic acids is 1. The van der Waals surface area contributed by atoms with Crippen LogP contribution in [0.25, 0.3) is 0 Å². The Bertz CT molecular complexity index is 875. The van der Waals surface area contributed by atoms with Gasteiger partial charge in [0, 0.05) is 18.7 Å². The monoisotopic (exact) mass is 384 g/mol. The zero-order valence-electron chi connectivity index (χ0n) is 15.1. The maximum Gasteiger partial charge on any atom is 0.547 e. The van der Waals surface area contributed by atoms with Crippen molar-refractivity contribution in [3.05, 3.63) is 64.7 Å². The van der Waals surface area contributed by atoms with Crippen LogP contribution in [0.15, 0.2) is 42.5 Å². The molecule has 1 heterocycles. The number of fused-ring (bicyclic) bond motifs is 1. The lowest BCUT2D eigenvalue weighted by Gasteiger charge is -2.28. The van der Waals surface area contributed by atoms with Crippen LogP contribution in [0.2, 0.25) is 0 Å². The van der Waals surface area contributed by atoms with Gasteiger partial charge >= 0.3 is 13.1 Å². The van der Waals surface area contributed by atoms with E-state index in [0.29, 0.717) is 24.2 Å². The number of para-hydroxylation sites is 1. The first-order valence-corrected chi connectivity index (χ1v) is 8.91. The molecule has 2 aromatic rings. The number of carbonyl (C=O) groups is 2. The molecule has 1 amide bonds. The predicted molar refractivity (Wildman–Crippen MR) is 102 cm³/mol. The Hall–Kier alpha value is -2.88. The minimum absolute atomic E-state index is 0.0237. The molecule has 0 aromatic heterocycles. The minimum atomic E-state index is -1.36. The van der Waals surface area contributed by atoms with Crippen molar-refractivity contribution in [3.63, 3.8) is 0 Å². The zero-order valence-corrected chi connectivity index (χ0v) is 15.1. The summed E-state index contributed by atoms with van der Waals surface area (Å²) in [6.07, 6.45) is 0.251. The Balaban J connectivity index is 1.70. The summed E-state index contributed by atoms with van der Waals surface area (Å²) in [6, 6.07) is 11.7. The summed E-state index contributed by atoms with van der Waals surface area (Å²) in [5, 5.41) is 34.1. The molecule has 9 heteroatoms. The molecule has 146 valence electrons. The van der Waals surface area contributed by atoms with Crippen LogP contribution in [0.4, 0.5) is 0 Å². The molecule has 0 unspecified atom stereocenters. The molecule has 1 aliphatic heterocycles. The number of carboxylic acid groups (broad SMARTS) is 1. The molecule has 3 rings (SSSR count). The van der Waals surface area contributed by atoms with E-state index in [1.807, 2.05) is 6.07 Å². The number of nitrogens with one attached hydrogen (secondary N) is 2. The third kappa shape index (κ3) is 4.51. The molecule has 0 saturated carbocycles. The second-order valence-corrected chi connectivity index (χ2v) is 6.49. The van der Waals surface area contributed by atoms with Gasteiger partial charge in [0.05, 0.1) is 18.1 Å². The normalized spacial score (nSPS) is 15.5. The van der Waals surface area contributed by atoms with Gasteiger partial charge in [-0.1, -0.05) is 24.3 Å². The summed E-state index contributed by atoms with van der Waals surface area (Å²) in [6.45, 7) is 1.01. The van der Waals surface area contributed by atoms with Gasteiger partial charge in [-0.15, -0.1) is 0 Å². The molecule has 1 atom stereocenters. The fourth-order valence-corrected chi connectivity index (χ4v) is 3.10. The third-order valence-corrected chi connectivity index (χ3v) is 4.47. The van der Waals surface area contributed by atoms with Crippen molar-refractivity contribution in [2.45, 2.75) is 18.9 Å². The number of benzene rings is 2. The van der Waals surface area contributed by atoms with Crippen LogP contribution in [0.1, 0.15) is 31.8 Å². The number of carbonyl (C=O) groups excluding carboxylic acids is 1. The first-order valence-electron chi connectivity index (χ1n) is 8.91. The molecule has 0 fully saturated rings. The van der Waals surface area contributed by atoms with Gasteiger partial charge in [-0.2, -0.15) is 0 Å². The van der Waals surface area contributed by atoms with Gasteiger partial charge in [0.2, 0.25) is 0 Å². The highest BCUT2D eigenvalue weighted by atomic mass is 16.5. The minimum Gasteiger partial charge on any atom is -0.534 e. The fourth-order valence-electron chi connectivity index (χ4n) is 3.10. The van der Waals surface area contributed by atoms with Crippen molar-refractivity contribution in [3.8, 4) is 5.75 Å². The van der Waals surface area contributed by atoms with Gasteiger partial charge in [-0.25, -0.2) is 4.79 Å². The average Bonchev–Trinajstić information content (AvgIpc) is 2.68. The molecule has 28 heavy (non-hydrogen) atoms. The number of rotatable bonds is 7. The van der Waals surface area contributed by atoms with Crippen molar-refractivity contribution in [1.82, 2.24) is 10.6 Å². The summed E-state index contributed by atoms with van der Waals surface area (Å²) in [4.78, 5) is 23.9. The summed E-state index contributed by atoms with van der Waals surface area (Å²) in [7, 11) is -1.36. The molecule has 2 aromatic carbocycles. The van der Waals surface area contributed by atoms with Crippen LogP contribution in [0.3, 0.4) is 0 Å². The van der Waals surface area contributed by atoms with Crippen molar-refractivity contribution < 1.29 is 29.5 Å². The molecule has 8 nitrogen and oxygen atoms in total. The van der Waals surface area contributed by atoms with Crippen molar-refractivity contribution in [2.75, 3.05) is 13.2 Å². The van der Waals surface area contributed by atoms with Gasteiger partial charge in [-0.3, -0.25) is 4.79 Å². The lowest BCUT2D eigenvalue weighted by Crippen LogP contribution is -2.53. The van der Waals surface area contributed by atoms with Gasteiger partial charge in [0.25, 0.3) is 5.91 Å².